The molecule has 0 radical (unpaired) electrons. The summed E-state index contributed by atoms with van der Waals surface area (Å²) in [7, 11) is 0. The summed E-state index contributed by atoms with van der Waals surface area (Å²) < 4.78 is 6.05. The summed E-state index contributed by atoms with van der Waals surface area (Å²) in [6.45, 7) is 2.16. The van der Waals surface area contributed by atoms with Gasteiger partial charge in [-0.3, -0.25) is 4.79 Å². The van der Waals surface area contributed by atoms with Crippen molar-refractivity contribution in [2.75, 3.05) is 5.73 Å². The van der Waals surface area contributed by atoms with Gasteiger partial charge in [0.25, 0.3) is 0 Å². The van der Waals surface area contributed by atoms with Gasteiger partial charge in [0.15, 0.2) is 5.12 Å². The first-order chi connectivity index (χ1) is 9.67. The van der Waals surface area contributed by atoms with Crippen molar-refractivity contribution >= 4 is 22.8 Å². The molecule has 0 bridgehead atoms. The number of ether oxygens (including phenoxy) is 1. The Labute approximate surface area is 122 Å². The van der Waals surface area contributed by atoms with Crippen molar-refractivity contribution in [1.29, 1.82) is 0 Å². The van der Waals surface area contributed by atoms with Crippen LogP contribution in [0.3, 0.4) is 0 Å². The van der Waals surface area contributed by atoms with Gasteiger partial charge in [-0.15, -0.1) is 0 Å². The molecule has 2 aliphatic heterocycles. The summed E-state index contributed by atoms with van der Waals surface area (Å²) in [4.78, 5) is 21.3. The zero-order chi connectivity index (χ0) is 14.1. The number of rotatable bonds is 3. The van der Waals surface area contributed by atoms with Gasteiger partial charge in [0.2, 0.25) is 5.95 Å². The predicted molar refractivity (Wildman–Crippen MR) is 77.3 cm³/mol. The number of carbonyl (C=O) groups is 1. The summed E-state index contributed by atoms with van der Waals surface area (Å²) in [5.41, 5.74) is 6.51. The number of nitrogen functional groups attached to an aromatic ring is 1. The number of hydrogen-bond donors (Lipinski definition) is 1. The molecule has 0 aliphatic carbocycles. The fourth-order valence-corrected chi connectivity index (χ4v) is 3.93. The van der Waals surface area contributed by atoms with Crippen molar-refractivity contribution in [3.63, 3.8) is 0 Å². The summed E-state index contributed by atoms with van der Waals surface area (Å²) in [6, 6.07) is 0. The van der Waals surface area contributed by atoms with E-state index in [1.165, 1.54) is 11.8 Å². The molecule has 0 spiro atoms. The minimum Gasteiger partial charge on any atom is -0.374 e. The van der Waals surface area contributed by atoms with Crippen LogP contribution in [0.1, 0.15) is 38.3 Å². The molecule has 108 valence electrons. The second kappa shape index (κ2) is 5.69. The Morgan fingerprint density at radius 2 is 2.35 bits per heavy atom. The molecule has 0 aromatic carbocycles. The summed E-state index contributed by atoms with van der Waals surface area (Å²) in [5, 5.41) is 0.174. The van der Waals surface area contributed by atoms with E-state index in [-0.39, 0.29) is 23.1 Å². The molecular formula is C14H19N3O2S. The molecule has 0 saturated carbocycles. The van der Waals surface area contributed by atoms with Gasteiger partial charge in [-0.1, -0.05) is 13.3 Å². The van der Waals surface area contributed by atoms with E-state index in [9.17, 15) is 4.79 Å². The molecule has 1 unspecified atom stereocenters. The lowest BCUT2D eigenvalue weighted by molar-refractivity contribution is -0.119. The molecule has 1 fully saturated rings. The maximum absolute atomic E-state index is 12.3. The maximum Gasteiger partial charge on any atom is 0.220 e. The largest absolute Gasteiger partial charge is 0.374 e. The summed E-state index contributed by atoms with van der Waals surface area (Å²) in [6.07, 6.45) is 6.86. The van der Waals surface area contributed by atoms with E-state index in [0.717, 1.165) is 36.3 Å². The molecule has 0 amide bonds. The normalized spacial score (nSPS) is 29.4. The number of aromatic nitrogens is 2. The molecule has 6 heteroatoms. The van der Waals surface area contributed by atoms with Crippen LogP contribution in [0.25, 0.3) is 0 Å². The topological polar surface area (TPSA) is 78.1 Å². The number of fused-ring (bicyclic) bond motifs is 1. The van der Waals surface area contributed by atoms with Crippen LogP contribution in [0, 0.1) is 5.92 Å². The van der Waals surface area contributed by atoms with Crippen molar-refractivity contribution in [3.05, 3.63) is 11.9 Å². The molecule has 2 N–H and O–H groups in total. The molecule has 20 heavy (non-hydrogen) atoms. The highest BCUT2D eigenvalue weighted by Crippen LogP contribution is 2.39. The van der Waals surface area contributed by atoms with Gasteiger partial charge in [0, 0.05) is 12.6 Å². The monoisotopic (exact) mass is 293 g/mol. The second-order valence-electron chi connectivity index (χ2n) is 5.43. The van der Waals surface area contributed by atoms with Gasteiger partial charge in [-0.2, -0.15) is 0 Å². The van der Waals surface area contributed by atoms with Crippen LogP contribution in [-0.4, -0.2) is 27.3 Å². The zero-order valence-electron chi connectivity index (χ0n) is 11.5. The SMILES string of the molecule is CCC[C@@H]1CC[C@H](C2Cc3nc(N)ncc3SC2=O)O1. The minimum absolute atomic E-state index is 0.0379. The highest BCUT2D eigenvalue weighted by atomic mass is 32.2. The van der Waals surface area contributed by atoms with Crippen LogP contribution in [0.5, 0.6) is 0 Å². The average molecular weight is 293 g/mol. The Morgan fingerprint density at radius 1 is 1.50 bits per heavy atom. The lowest BCUT2D eigenvalue weighted by Crippen LogP contribution is -2.32. The fraction of sp³-hybridized carbons (Fsp3) is 0.643. The van der Waals surface area contributed by atoms with E-state index in [1.54, 1.807) is 6.20 Å². The molecule has 5 nitrogen and oxygen atoms in total. The van der Waals surface area contributed by atoms with Gasteiger partial charge in [0.05, 0.1) is 28.7 Å². The third-order valence-electron chi connectivity index (χ3n) is 3.97. The van der Waals surface area contributed by atoms with Crippen LogP contribution in [0.15, 0.2) is 11.1 Å². The van der Waals surface area contributed by atoms with Crippen molar-refractivity contribution in [2.45, 2.75) is 56.1 Å². The molecule has 3 heterocycles. The fourth-order valence-electron chi connectivity index (χ4n) is 2.98. The number of hydrogen-bond acceptors (Lipinski definition) is 6. The molecule has 3 rings (SSSR count). The Hall–Kier alpha value is -1.14. The van der Waals surface area contributed by atoms with Crippen molar-refractivity contribution in [1.82, 2.24) is 9.97 Å². The first kappa shape index (κ1) is 13.8. The van der Waals surface area contributed by atoms with Gasteiger partial charge >= 0.3 is 0 Å². The van der Waals surface area contributed by atoms with E-state index in [0.29, 0.717) is 12.5 Å². The van der Waals surface area contributed by atoms with Crippen molar-refractivity contribution in [2.24, 2.45) is 5.92 Å². The molecular weight excluding hydrogens is 274 g/mol. The number of anilines is 1. The van der Waals surface area contributed by atoms with Crippen LogP contribution < -0.4 is 5.73 Å². The van der Waals surface area contributed by atoms with E-state index < -0.39 is 0 Å². The van der Waals surface area contributed by atoms with Crippen LogP contribution in [-0.2, 0) is 16.0 Å². The highest BCUT2D eigenvalue weighted by molar-refractivity contribution is 8.13. The Kier molecular flexibility index (Phi) is 3.94. The minimum atomic E-state index is -0.0938. The summed E-state index contributed by atoms with van der Waals surface area (Å²) in [5.74, 6) is 0.178. The van der Waals surface area contributed by atoms with E-state index >= 15 is 0 Å². The average Bonchev–Trinajstić information content (AvgIpc) is 2.87. The Balaban J connectivity index is 1.74. The lowest BCUT2D eigenvalue weighted by Gasteiger charge is -2.26. The van der Waals surface area contributed by atoms with Gasteiger partial charge in [0.1, 0.15) is 0 Å². The first-order valence-electron chi connectivity index (χ1n) is 7.16. The van der Waals surface area contributed by atoms with Gasteiger partial charge < -0.3 is 10.5 Å². The third kappa shape index (κ3) is 2.67. The zero-order valence-corrected chi connectivity index (χ0v) is 12.4. The third-order valence-corrected chi connectivity index (χ3v) is 5.04. The number of nitrogens with two attached hydrogens (primary N) is 1. The van der Waals surface area contributed by atoms with Crippen LogP contribution >= 0.6 is 11.8 Å². The van der Waals surface area contributed by atoms with Crippen LogP contribution in [0.4, 0.5) is 5.95 Å². The number of nitrogens with zero attached hydrogens (tertiary/aromatic N) is 2. The predicted octanol–water partition coefficient (Wildman–Crippen LogP) is 2.20. The quantitative estimate of drug-likeness (QED) is 0.920. The molecule has 2 aliphatic rings. The van der Waals surface area contributed by atoms with Crippen LogP contribution in [0.2, 0.25) is 0 Å². The summed E-state index contributed by atoms with van der Waals surface area (Å²) >= 11 is 1.23. The smallest absolute Gasteiger partial charge is 0.220 e. The maximum atomic E-state index is 12.3. The van der Waals surface area contributed by atoms with Gasteiger partial charge in [-0.25, -0.2) is 9.97 Å². The van der Waals surface area contributed by atoms with E-state index in [1.807, 2.05) is 0 Å². The number of thioether (sulfide) groups is 1. The molecule has 3 atom stereocenters. The first-order valence-corrected chi connectivity index (χ1v) is 7.97. The Bertz CT molecular complexity index is 523. The molecule has 1 saturated heterocycles. The van der Waals surface area contributed by atoms with E-state index in [4.69, 9.17) is 10.5 Å². The standard InChI is InChI=1S/C14H19N3O2S/c1-2-3-8-4-5-11(19-8)9-6-10-12(20-13(9)18)7-16-14(15)17-10/h7-9,11H,2-6H2,1H3,(H2,15,16,17)/t8-,9?,11-/m1/s1. The second-order valence-corrected chi connectivity index (χ2v) is 6.48. The lowest BCUT2D eigenvalue weighted by atomic mass is 9.95. The van der Waals surface area contributed by atoms with E-state index in [2.05, 4.69) is 16.9 Å². The molecule has 1 aromatic rings. The Morgan fingerprint density at radius 3 is 3.15 bits per heavy atom. The number of carbonyl (C=O) groups excluding carboxylic acids is 1. The van der Waals surface area contributed by atoms with Crippen molar-refractivity contribution < 1.29 is 9.53 Å². The van der Waals surface area contributed by atoms with Crippen molar-refractivity contribution in [3.8, 4) is 0 Å². The van der Waals surface area contributed by atoms with Gasteiger partial charge in [-0.05, 0) is 31.0 Å². The highest BCUT2D eigenvalue weighted by Gasteiger charge is 2.39. The molecule has 1 aromatic heterocycles.